The molecule has 136 valence electrons. The zero-order valence-electron chi connectivity index (χ0n) is 14.9. The van der Waals surface area contributed by atoms with Gasteiger partial charge in [0.15, 0.2) is 0 Å². The lowest BCUT2D eigenvalue weighted by Crippen LogP contribution is -2.40. The summed E-state index contributed by atoms with van der Waals surface area (Å²) in [6, 6.07) is 8.79. The minimum Gasteiger partial charge on any atom is -0.455 e. The highest BCUT2D eigenvalue weighted by molar-refractivity contribution is 5.92. The average Bonchev–Trinajstić information content (AvgIpc) is 2.80. The monoisotopic (exact) mass is 354 g/mol. The fraction of sp³-hybridized carbons (Fsp3) is 0.316. The van der Waals surface area contributed by atoms with Crippen LogP contribution < -0.4 is 10.1 Å². The lowest BCUT2D eigenvalue weighted by molar-refractivity contribution is -0.129. The molecule has 1 saturated heterocycles. The molecule has 0 saturated carbocycles. The van der Waals surface area contributed by atoms with Gasteiger partial charge < -0.3 is 19.9 Å². The quantitative estimate of drug-likeness (QED) is 0.920. The molecule has 3 rings (SSSR count). The molecule has 26 heavy (non-hydrogen) atoms. The molecular formula is C19H22N4O3. The number of rotatable bonds is 3. The van der Waals surface area contributed by atoms with Gasteiger partial charge in [0, 0.05) is 32.0 Å². The van der Waals surface area contributed by atoms with E-state index in [2.05, 4.69) is 10.3 Å². The Kier molecular flexibility index (Phi) is 5.36. The largest absolute Gasteiger partial charge is 0.455 e. The number of pyridine rings is 1. The third kappa shape index (κ3) is 4.30. The van der Waals surface area contributed by atoms with Crippen molar-refractivity contribution in [2.75, 3.05) is 32.0 Å². The number of aryl methyl sites for hydroxylation is 1. The highest BCUT2D eigenvalue weighted by Crippen LogP contribution is 2.27. The molecule has 1 fully saturated rings. The van der Waals surface area contributed by atoms with Crippen LogP contribution in [-0.2, 0) is 4.79 Å². The van der Waals surface area contributed by atoms with Crippen molar-refractivity contribution in [3.63, 3.8) is 0 Å². The van der Waals surface area contributed by atoms with E-state index in [1.807, 2.05) is 19.1 Å². The van der Waals surface area contributed by atoms with Gasteiger partial charge in [0.1, 0.15) is 18.0 Å². The second kappa shape index (κ2) is 7.86. The number of nitrogens with zero attached hydrogens (tertiary/aromatic N) is 3. The number of benzene rings is 1. The van der Waals surface area contributed by atoms with Crippen molar-refractivity contribution in [3.8, 4) is 11.5 Å². The van der Waals surface area contributed by atoms with E-state index in [0.717, 1.165) is 12.0 Å². The summed E-state index contributed by atoms with van der Waals surface area (Å²) in [5.74, 6) is 1.30. The van der Waals surface area contributed by atoms with Crippen LogP contribution in [0.25, 0.3) is 0 Å². The van der Waals surface area contributed by atoms with E-state index in [1.165, 1.54) is 0 Å². The number of ether oxygens (including phenoxy) is 1. The number of hydrogen-bond donors (Lipinski definition) is 1. The molecule has 0 spiro atoms. The third-order valence-corrected chi connectivity index (χ3v) is 4.25. The molecule has 7 nitrogen and oxygen atoms in total. The first-order valence-electron chi connectivity index (χ1n) is 8.51. The minimum atomic E-state index is -0.269. The van der Waals surface area contributed by atoms with Gasteiger partial charge in [-0.1, -0.05) is 0 Å². The number of carbonyl (C=O) groups excluding carboxylic acids is 2. The van der Waals surface area contributed by atoms with Gasteiger partial charge in [-0.25, -0.2) is 4.79 Å². The molecule has 7 heteroatoms. The lowest BCUT2D eigenvalue weighted by Gasteiger charge is -2.20. The van der Waals surface area contributed by atoms with Crippen LogP contribution >= 0.6 is 0 Å². The zero-order chi connectivity index (χ0) is 18.5. The standard InChI is InChI=1S/C19H22N4O3/c1-14-11-15(6-7-17(14)26-16-5-3-8-20-12-16)21-19(25)23-10-4-9-22(2)18(24)13-23/h3,5-8,11-12H,4,9-10,13H2,1-2H3,(H,21,25). The van der Waals surface area contributed by atoms with Gasteiger partial charge in [-0.05, 0) is 49.2 Å². The Morgan fingerprint density at radius 3 is 2.85 bits per heavy atom. The summed E-state index contributed by atoms with van der Waals surface area (Å²) in [7, 11) is 1.76. The van der Waals surface area contributed by atoms with Crippen molar-refractivity contribution < 1.29 is 14.3 Å². The summed E-state index contributed by atoms with van der Waals surface area (Å²) < 4.78 is 5.79. The van der Waals surface area contributed by atoms with E-state index in [-0.39, 0.29) is 18.5 Å². The zero-order valence-corrected chi connectivity index (χ0v) is 14.9. The Hall–Kier alpha value is -3.09. The Morgan fingerprint density at radius 1 is 1.27 bits per heavy atom. The predicted octanol–water partition coefficient (Wildman–Crippen LogP) is 2.88. The molecule has 0 aliphatic carbocycles. The minimum absolute atomic E-state index is 0.0472. The van der Waals surface area contributed by atoms with Crippen molar-refractivity contribution in [1.29, 1.82) is 0 Å². The second-order valence-corrected chi connectivity index (χ2v) is 6.29. The molecule has 1 aliphatic heterocycles. The van der Waals surface area contributed by atoms with Crippen molar-refractivity contribution in [2.24, 2.45) is 0 Å². The van der Waals surface area contributed by atoms with Crippen molar-refractivity contribution in [3.05, 3.63) is 48.3 Å². The number of hydrogen-bond acceptors (Lipinski definition) is 4. The first-order valence-corrected chi connectivity index (χ1v) is 8.51. The molecule has 1 aliphatic rings. The van der Waals surface area contributed by atoms with E-state index < -0.39 is 0 Å². The molecule has 2 aromatic rings. The summed E-state index contributed by atoms with van der Waals surface area (Å²) in [5.41, 5.74) is 1.55. The number of nitrogens with one attached hydrogen (secondary N) is 1. The van der Waals surface area contributed by atoms with E-state index in [9.17, 15) is 9.59 Å². The first-order chi connectivity index (χ1) is 12.5. The van der Waals surface area contributed by atoms with Gasteiger partial charge in [-0.15, -0.1) is 0 Å². The van der Waals surface area contributed by atoms with Gasteiger partial charge >= 0.3 is 6.03 Å². The maximum Gasteiger partial charge on any atom is 0.322 e. The fourth-order valence-electron chi connectivity index (χ4n) is 2.74. The summed E-state index contributed by atoms with van der Waals surface area (Å²) in [6.07, 6.45) is 4.10. The van der Waals surface area contributed by atoms with Crippen LogP contribution in [0.2, 0.25) is 0 Å². The second-order valence-electron chi connectivity index (χ2n) is 6.29. The van der Waals surface area contributed by atoms with E-state index in [1.54, 1.807) is 47.4 Å². The van der Waals surface area contributed by atoms with Crippen LogP contribution in [0.4, 0.5) is 10.5 Å². The van der Waals surface area contributed by atoms with E-state index in [4.69, 9.17) is 4.74 Å². The fourth-order valence-corrected chi connectivity index (χ4v) is 2.74. The molecule has 1 aromatic carbocycles. The maximum atomic E-state index is 12.5. The maximum absolute atomic E-state index is 12.5. The number of aromatic nitrogens is 1. The van der Waals surface area contributed by atoms with Crippen molar-refractivity contribution >= 4 is 17.6 Å². The lowest BCUT2D eigenvalue weighted by atomic mass is 10.2. The summed E-state index contributed by atoms with van der Waals surface area (Å²) in [5, 5.41) is 2.86. The van der Waals surface area contributed by atoms with Crippen LogP contribution in [0.3, 0.4) is 0 Å². The number of likely N-dealkylation sites (N-methyl/N-ethyl adjacent to an activating group) is 1. The average molecular weight is 354 g/mol. The molecule has 2 heterocycles. The number of anilines is 1. The molecule has 0 radical (unpaired) electrons. The highest BCUT2D eigenvalue weighted by Gasteiger charge is 2.22. The molecule has 0 atom stereocenters. The summed E-state index contributed by atoms with van der Waals surface area (Å²) >= 11 is 0. The Labute approximate surface area is 152 Å². The van der Waals surface area contributed by atoms with E-state index in [0.29, 0.717) is 30.3 Å². The van der Waals surface area contributed by atoms with Gasteiger partial charge in [-0.3, -0.25) is 9.78 Å². The molecule has 1 N–H and O–H groups in total. The Bertz CT molecular complexity index is 795. The molecule has 0 unspecified atom stereocenters. The number of carbonyl (C=O) groups is 2. The van der Waals surface area contributed by atoms with Crippen LogP contribution in [0.15, 0.2) is 42.7 Å². The van der Waals surface area contributed by atoms with Gasteiger partial charge in [-0.2, -0.15) is 0 Å². The van der Waals surface area contributed by atoms with Crippen LogP contribution in [0.1, 0.15) is 12.0 Å². The van der Waals surface area contributed by atoms with Gasteiger partial charge in [0.25, 0.3) is 0 Å². The van der Waals surface area contributed by atoms with Crippen LogP contribution in [0, 0.1) is 6.92 Å². The molecular weight excluding hydrogens is 332 g/mol. The Morgan fingerprint density at radius 2 is 2.12 bits per heavy atom. The number of urea groups is 1. The number of amides is 3. The summed E-state index contributed by atoms with van der Waals surface area (Å²) in [4.78, 5) is 31.6. The molecule has 1 aromatic heterocycles. The normalized spacial score (nSPS) is 14.8. The highest BCUT2D eigenvalue weighted by atomic mass is 16.5. The smallest absolute Gasteiger partial charge is 0.322 e. The van der Waals surface area contributed by atoms with Crippen LogP contribution in [-0.4, -0.2) is 53.4 Å². The van der Waals surface area contributed by atoms with E-state index >= 15 is 0 Å². The third-order valence-electron chi connectivity index (χ3n) is 4.25. The predicted molar refractivity (Wildman–Crippen MR) is 98.3 cm³/mol. The van der Waals surface area contributed by atoms with Gasteiger partial charge in [0.2, 0.25) is 5.91 Å². The van der Waals surface area contributed by atoms with Crippen molar-refractivity contribution in [2.45, 2.75) is 13.3 Å². The Balaban J connectivity index is 1.65. The SMILES string of the molecule is Cc1cc(NC(=O)N2CCCN(C)C(=O)C2)ccc1Oc1cccnc1. The topological polar surface area (TPSA) is 74.8 Å². The first kappa shape index (κ1) is 17.7. The van der Waals surface area contributed by atoms with Gasteiger partial charge in [0.05, 0.1) is 6.20 Å². The summed E-state index contributed by atoms with van der Waals surface area (Å²) in [6.45, 7) is 3.24. The van der Waals surface area contributed by atoms with Crippen molar-refractivity contribution in [1.82, 2.24) is 14.8 Å². The molecule has 3 amide bonds. The molecule has 0 bridgehead atoms. The van der Waals surface area contributed by atoms with Crippen LogP contribution in [0.5, 0.6) is 11.5 Å².